The first-order valence-electron chi connectivity index (χ1n) is 14.3. The number of fused-ring (bicyclic) bond motifs is 6. The van der Waals surface area contributed by atoms with Gasteiger partial charge in [0.1, 0.15) is 5.75 Å². The minimum Gasteiger partial charge on any atom is -0.497 e. The number of hydrogen-bond donors (Lipinski definition) is 0. The van der Waals surface area contributed by atoms with E-state index in [9.17, 15) is 5.26 Å². The second-order valence-corrected chi connectivity index (χ2v) is 10.8. The fourth-order valence-electron chi connectivity index (χ4n) is 6.54. The van der Waals surface area contributed by atoms with E-state index in [0.717, 1.165) is 55.6 Å². The SMILES string of the molecule is [C-]#[N+]c1ccc(-n2c3ccc(OC)cc3c3c(-c4ccc5c(c4)c4ccccc4n5-c4ccccc4)cccc32)cc1C#N. The summed E-state index contributed by atoms with van der Waals surface area (Å²) in [4.78, 5) is 3.53. The molecule has 0 aliphatic carbocycles. The van der Waals surface area contributed by atoms with Crippen molar-refractivity contribution in [3.63, 3.8) is 0 Å². The Bertz CT molecular complexity index is 2510. The fourth-order valence-corrected chi connectivity index (χ4v) is 6.54. The molecule has 8 rings (SSSR count). The topological polar surface area (TPSA) is 47.2 Å². The Labute approximate surface area is 253 Å². The molecule has 0 radical (unpaired) electrons. The molecule has 0 spiro atoms. The van der Waals surface area contributed by atoms with Crippen molar-refractivity contribution < 1.29 is 4.74 Å². The van der Waals surface area contributed by atoms with Crippen LogP contribution in [0.15, 0.2) is 127 Å². The van der Waals surface area contributed by atoms with E-state index in [1.807, 2.05) is 18.2 Å². The predicted molar refractivity (Wildman–Crippen MR) is 178 cm³/mol. The number of rotatable bonds is 4. The number of para-hydroxylation sites is 2. The van der Waals surface area contributed by atoms with Gasteiger partial charge in [0.15, 0.2) is 0 Å². The van der Waals surface area contributed by atoms with Gasteiger partial charge in [-0.25, -0.2) is 4.85 Å². The monoisotopic (exact) mass is 564 g/mol. The molecule has 6 aromatic carbocycles. The lowest BCUT2D eigenvalue weighted by Crippen LogP contribution is -1.95. The lowest BCUT2D eigenvalue weighted by atomic mass is 9.97. The van der Waals surface area contributed by atoms with Gasteiger partial charge in [0.25, 0.3) is 0 Å². The third-order valence-corrected chi connectivity index (χ3v) is 8.47. The maximum Gasteiger partial charge on any atom is 0.204 e. The molecule has 5 heteroatoms. The summed E-state index contributed by atoms with van der Waals surface area (Å²) in [6.45, 7) is 7.47. The summed E-state index contributed by atoms with van der Waals surface area (Å²) < 4.78 is 10.2. The maximum absolute atomic E-state index is 9.77. The molecule has 2 heterocycles. The second kappa shape index (κ2) is 9.91. The van der Waals surface area contributed by atoms with Crippen molar-refractivity contribution in [1.29, 1.82) is 5.26 Å². The zero-order chi connectivity index (χ0) is 29.8. The Kier molecular flexibility index (Phi) is 5.72. The van der Waals surface area contributed by atoms with Crippen LogP contribution in [-0.4, -0.2) is 16.2 Å². The smallest absolute Gasteiger partial charge is 0.204 e. The number of hydrogen-bond acceptors (Lipinski definition) is 2. The molecular weight excluding hydrogens is 540 g/mol. The molecular formula is C39H24N4O. The molecule has 0 unspecified atom stereocenters. The van der Waals surface area contributed by atoms with E-state index in [1.165, 1.54) is 16.3 Å². The second-order valence-electron chi connectivity index (χ2n) is 10.8. The Morgan fingerprint density at radius 2 is 1.36 bits per heavy atom. The highest BCUT2D eigenvalue weighted by atomic mass is 16.5. The highest BCUT2D eigenvalue weighted by Gasteiger charge is 2.19. The van der Waals surface area contributed by atoms with Crippen molar-refractivity contribution in [2.24, 2.45) is 0 Å². The first-order valence-corrected chi connectivity index (χ1v) is 14.3. The van der Waals surface area contributed by atoms with Crippen LogP contribution in [0.1, 0.15) is 5.56 Å². The first-order chi connectivity index (χ1) is 21.7. The van der Waals surface area contributed by atoms with Gasteiger partial charge in [-0.3, -0.25) is 0 Å². The van der Waals surface area contributed by atoms with Crippen LogP contribution in [0.2, 0.25) is 0 Å². The van der Waals surface area contributed by atoms with Crippen LogP contribution >= 0.6 is 0 Å². The summed E-state index contributed by atoms with van der Waals surface area (Å²) in [6, 6.07) is 45.9. The largest absolute Gasteiger partial charge is 0.497 e. The Morgan fingerprint density at radius 3 is 2.18 bits per heavy atom. The first kappa shape index (κ1) is 25.4. The highest BCUT2D eigenvalue weighted by molar-refractivity contribution is 6.17. The van der Waals surface area contributed by atoms with Crippen LogP contribution in [-0.2, 0) is 0 Å². The third-order valence-electron chi connectivity index (χ3n) is 8.47. The van der Waals surface area contributed by atoms with E-state index in [1.54, 1.807) is 19.2 Å². The van der Waals surface area contributed by atoms with Gasteiger partial charge in [-0.05, 0) is 77.9 Å². The number of nitriles is 1. The van der Waals surface area contributed by atoms with E-state index >= 15 is 0 Å². The normalized spacial score (nSPS) is 11.2. The molecule has 8 aromatic rings. The lowest BCUT2D eigenvalue weighted by Gasteiger charge is -2.10. The van der Waals surface area contributed by atoms with Crippen molar-refractivity contribution >= 4 is 49.3 Å². The highest BCUT2D eigenvalue weighted by Crippen LogP contribution is 2.42. The summed E-state index contributed by atoms with van der Waals surface area (Å²) in [5, 5.41) is 14.3. The molecule has 0 atom stereocenters. The van der Waals surface area contributed by atoms with E-state index in [2.05, 4.69) is 117 Å². The van der Waals surface area contributed by atoms with Crippen LogP contribution in [0.5, 0.6) is 5.75 Å². The molecule has 5 nitrogen and oxygen atoms in total. The molecule has 0 bridgehead atoms. The van der Waals surface area contributed by atoms with Crippen LogP contribution in [0.25, 0.3) is 71.0 Å². The molecule has 206 valence electrons. The van der Waals surface area contributed by atoms with Gasteiger partial charge in [-0.1, -0.05) is 60.7 Å². The van der Waals surface area contributed by atoms with Gasteiger partial charge in [-0.15, -0.1) is 0 Å². The van der Waals surface area contributed by atoms with Crippen molar-refractivity contribution in [3.8, 4) is 34.3 Å². The molecule has 0 aliphatic heterocycles. The molecule has 0 saturated heterocycles. The number of methoxy groups -OCH3 is 1. The summed E-state index contributed by atoms with van der Waals surface area (Å²) in [5.74, 6) is 0.772. The van der Waals surface area contributed by atoms with E-state index in [4.69, 9.17) is 11.3 Å². The van der Waals surface area contributed by atoms with Crippen molar-refractivity contribution in [2.45, 2.75) is 0 Å². The Balaban J connectivity index is 1.43. The van der Waals surface area contributed by atoms with Gasteiger partial charge in [0.05, 0.1) is 47.4 Å². The minimum absolute atomic E-state index is 0.349. The van der Waals surface area contributed by atoms with Crippen molar-refractivity contribution in [2.75, 3.05) is 7.11 Å². The van der Waals surface area contributed by atoms with Gasteiger partial charge >= 0.3 is 0 Å². The van der Waals surface area contributed by atoms with Gasteiger partial charge in [-0.2, -0.15) is 5.26 Å². The predicted octanol–water partition coefficient (Wildman–Crippen LogP) is 9.98. The van der Waals surface area contributed by atoms with Crippen LogP contribution in [0.3, 0.4) is 0 Å². The Morgan fingerprint density at radius 1 is 0.636 bits per heavy atom. The molecule has 0 amide bonds. The van der Waals surface area contributed by atoms with E-state index in [-0.39, 0.29) is 0 Å². The molecule has 44 heavy (non-hydrogen) atoms. The molecule has 0 aliphatic rings. The molecule has 0 N–H and O–H groups in total. The van der Waals surface area contributed by atoms with Crippen molar-refractivity contribution in [1.82, 2.24) is 9.13 Å². The average Bonchev–Trinajstić information content (AvgIpc) is 3.60. The zero-order valence-electron chi connectivity index (χ0n) is 23.8. The number of ether oxygens (including phenoxy) is 1. The summed E-state index contributed by atoms with van der Waals surface area (Å²) in [5.41, 5.74) is 9.22. The third kappa shape index (κ3) is 3.71. The molecule has 0 fully saturated rings. The van der Waals surface area contributed by atoms with Gasteiger partial charge in [0, 0.05) is 32.9 Å². The summed E-state index contributed by atoms with van der Waals surface area (Å²) >= 11 is 0. The standard InChI is InChI=1S/C39H24N4O/c1-41-34-18-16-28(21-26(34)24-40)43-37-20-17-29(44-2)23-33(37)39-30(12-8-14-38(39)43)25-15-19-36-32(22-25)31-11-6-7-13-35(31)42(36)27-9-4-3-5-10-27/h3-23H,2H3. The Hall–Kier alpha value is -6.30. The van der Waals surface area contributed by atoms with Crippen LogP contribution in [0.4, 0.5) is 5.69 Å². The van der Waals surface area contributed by atoms with Crippen LogP contribution in [0, 0.1) is 17.9 Å². The zero-order valence-corrected chi connectivity index (χ0v) is 23.8. The van der Waals surface area contributed by atoms with Gasteiger partial charge < -0.3 is 13.9 Å². The van der Waals surface area contributed by atoms with E-state index in [0.29, 0.717) is 11.3 Å². The number of aromatic nitrogens is 2. The van der Waals surface area contributed by atoms with Gasteiger partial charge in [0.2, 0.25) is 5.69 Å². The summed E-state index contributed by atoms with van der Waals surface area (Å²) in [6.07, 6.45) is 0. The maximum atomic E-state index is 9.77. The number of benzene rings is 6. The number of nitrogens with zero attached hydrogens (tertiary/aromatic N) is 4. The lowest BCUT2D eigenvalue weighted by molar-refractivity contribution is 0.415. The summed E-state index contributed by atoms with van der Waals surface area (Å²) in [7, 11) is 1.68. The molecule has 0 saturated carbocycles. The average molecular weight is 565 g/mol. The van der Waals surface area contributed by atoms with Crippen LogP contribution < -0.4 is 4.74 Å². The molecule has 2 aromatic heterocycles. The fraction of sp³-hybridized carbons (Fsp3) is 0.0256. The van der Waals surface area contributed by atoms with Crippen molar-refractivity contribution in [3.05, 3.63) is 144 Å². The minimum atomic E-state index is 0.349. The van der Waals surface area contributed by atoms with E-state index < -0.39 is 0 Å². The quantitative estimate of drug-likeness (QED) is 0.200.